The molecule has 7 nitrogen and oxygen atoms in total. The zero-order chi connectivity index (χ0) is 24.5. The van der Waals surface area contributed by atoms with Crippen molar-refractivity contribution in [1.82, 2.24) is 5.32 Å². The maximum atomic E-state index is 13.2. The molecule has 3 aromatic rings. The Balaban J connectivity index is 1.39. The lowest BCUT2D eigenvalue weighted by molar-refractivity contribution is 0.0696. The van der Waals surface area contributed by atoms with Crippen LogP contribution >= 0.6 is 0 Å². The molecule has 0 radical (unpaired) electrons. The van der Waals surface area contributed by atoms with E-state index < -0.39 is 12.1 Å². The van der Waals surface area contributed by atoms with Crippen molar-refractivity contribution in [3.05, 3.63) is 82.9 Å². The van der Waals surface area contributed by atoms with E-state index in [2.05, 4.69) is 34.5 Å². The zero-order valence-electron chi connectivity index (χ0n) is 20.0. The SMILES string of the molecule is Cc1c(N2CCNCC2)cc(C(=O)O)cc1N(C)C(=O)OCC1c2ccccc2-c2ccccc21. The Hall–Kier alpha value is -3.84. The van der Waals surface area contributed by atoms with Crippen LogP contribution in [-0.4, -0.2) is 57.0 Å². The van der Waals surface area contributed by atoms with E-state index in [1.54, 1.807) is 19.2 Å². The average molecular weight is 472 g/mol. The molecule has 1 fully saturated rings. The Morgan fingerprint density at radius 1 is 1.03 bits per heavy atom. The van der Waals surface area contributed by atoms with Crippen LogP contribution in [0.1, 0.15) is 33.0 Å². The molecule has 1 saturated heterocycles. The summed E-state index contributed by atoms with van der Waals surface area (Å²) >= 11 is 0. The second-order valence-corrected chi connectivity index (χ2v) is 9.04. The fourth-order valence-electron chi connectivity index (χ4n) is 5.18. The third-order valence-corrected chi connectivity index (χ3v) is 7.03. The van der Waals surface area contributed by atoms with Gasteiger partial charge in [-0.25, -0.2) is 9.59 Å². The Morgan fingerprint density at radius 2 is 1.63 bits per heavy atom. The van der Waals surface area contributed by atoms with Gasteiger partial charge in [0.25, 0.3) is 0 Å². The summed E-state index contributed by atoms with van der Waals surface area (Å²) in [7, 11) is 1.63. The average Bonchev–Trinajstić information content (AvgIpc) is 3.21. The van der Waals surface area contributed by atoms with Crippen molar-refractivity contribution in [3.8, 4) is 11.1 Å². The first-order chi connectivity index (χ1) is 17.0. The van der Waals surface area contributed by atoms with Crippen molar-refractivity contribution in [2.75, 3.05) is 49.6 Å². The van der Waals surface area contributed by atoms with E-state index in [9.17, 15) is 14.7 Å². The number of amides is 1. The predicted molar refractivity (Wildman–Crippen MR) is 137 cm³/mol. The third-order valence-electron chi connectivity index (χ3n) is 7.03. The topological polar surface area (TPSA) is 82.1 Å². The number of carboxylic acids is 1. The molecule has 0 unspecified atom stereocenters. The van der Waals surface area contributed by atoms with Gasteiger partial charge in [0, 0.05) is 44.8 Å². The molecule has 1 heterocycles. The number of hydrogen-bond donors (Lipinski definition) is 2. The van der Waals surface area contributed by atoms with Crippen molar-refractivity contribution in [1.29, 1.82) is 0 Å². The van der Waals surface area contributed by atoms with E-state index in [0.29, 0.717) is 5.69 Å². The molecule has 7 heteroatoms. The van der Waals surface area contributed by atoms with Gasteiger partial charge in [-0.05, 0) is 46.9 Å². The molecule has 0 bridgehead atoms. The molecule has 0 spiro atoms. The molecule has 0 aromatic heterocycles. The van der Waals surface area contributed by atoms with Crippen molar-refractivity contribution in [2.45, 2.75) is 12.8 Å². The van der Waals surface area contributed by atoms with E-state index in [0.717, 1.165) is 48.6 Å². The summed E-state index contributed by atoms with van der Waals surface area (Å²) in [5.74, 6) is -1.06. The number of rotatable bonds is 5. The van der Waals surface area contributed by atoms with Crippen LogP contribution in [0.2, 0.25) is 0 Å². The van der Waals surface area contributed by atoms with Gasteiger partial charge in [0.15, 0.2) is 0 Å². The molecule has 5 rings (SSSR count). The summed E-state index contributed by atoms with van der Waals surface area (Å²) in [5.41, 5.74) is 7.01. The number of ether oxygens (including phenoxy) is 1. The summed E-state index contributed by atoms with van der Waals surface area (Å²) in [5, 5.41) is 13.0. The minimum absolute atomic E-state index is 0.0392. The minimum Gasteiger partial charge on any atom is -0.478 e. The van der Waals surface area contributed by atoms with Crippen molar-refractivity contribution in [2.24, 2.45) is 0 Å². The highest BCUT2D eigenvalue weighted by molar-refractivity contribution is 5.95. The van der Waals surface area contributed by atoms with Crippen LogP contribution in [0.5, 0.6) is 0 Å². The number of nitrogens with zero attached hydrogens (tertiary/aromatic N) is 2. The van der Waals surface area contributed by atoms with E-state index in [-0.39, 0.29) is 18.1 Å². The van der Waals surface area contributed by atoms with Gasteiger partial charge in [-0.1, -0.05) is 48.5 Å². The van der Waals surface area contributed by atoms with Gasteiger partial charge in [0.05, 0.1) is 11.3 Å². The van der Waals surface area contributed by atoms with Crippen LogP contribution in [0.15, 0.2) is 60.7 Å². The van der Waals surface area contributed by atoms with Crippen LogP contribution in [0.4, 0.5) is 16.2 Å². The van der Waals surface area contributed by atoms with Gasteiger partial charge in [-0.15, -0.1) is 0 Å². The fraction of sp³-hybridized carbons (Fsp3) is 0.286. The lowest BCUT2D eigenvalue weighted by atomic mass is 9.98. The standard InChI is InChI=1S/C28H29N3O4/c1-18-25(15-19(27(32)33)16-26(18)31-13-11-29-12-14-31)30(2)28(34)35-17-24-22-9-5-3-7-20(22)21-8-4-6-10-23(21)24/h3-10,15-16,24,29H,11-14,17H2,1-2H3,(H,32,33). The summed E-state index contributed by atoms with van der Waals surface area (Å²) < 4.78 is 5.81. The van der Waals surface area contributed by atoms with E-state index >= 15 is 0 Å². The highest BCUT2D eigenvalue weighted by Gasteiger charge is 2.30. The highest BCUT2D eigenvalue weighted by atomic mass is 16.6. The number of nitrogens with one attached hydrogen (secondary N) is 1. The lowest BCUT2D eigenvalue weighted by Crippen LogP contribution is -2.44. The van der Waals surface area contributed by atoms with Crippen LogP contribution in [0.25, 0.3) is 11.1 Å². The Kier molecular flexibility index (Phi) is 6.17. The third kappa shape index (κ3) is 4.23. The summed E-state index contributed by atoms with van der Waals surface area (Å²) in [4.78, 5) is 28.6. The molecular formula is C28H29N3O4. The molecule has 1 aliphatic heterocycles. The van der Waals surface area contributed by atoms with Crippen LogP contribution < -0.4 is 15.1 Å². The number of fused-ring (bicyclic) bond motifs is 3. The number of carbonyl (C=O) groups is 2. The first-order valence-electron chi connectivity index (χ1n) is 11.9. The predicted octanol–water partition coefficient (Wildman–Crippen LogP) is 4.49. The normalized spacial score (nSPS) is 14.9. The number of anilines is 2. The van der Waals surface area contributed by atoms with Gasteiger partial charge in [0.1, 0.15) is 6.61 Å². The maximum Gasteiger partial charge on any atom is 0.414 e. The van der Waals surface area contributed by atoms with Crippen molar-refractivity contribution in [3.63, 3.8) is 0 Å². The molecule has 35 heavy (non-hydrogen) atoms. The lowest BCUT2D eigenvalue weighted by Gasteiger charge is -2.32. The molecule has 0 saturated carbocycles. The van der Waals surface area contributed by atoms with Crippen LogP contribution in [-0.2, 0) is 4.74 Å². The van der Waals surface area contributed by atoms with Crippen LogP contribution in [0.3, 0.4) is 0 Å². The summed E-state index contributed by atoms with van der Waals surface area (Å²) in [6, 6.07) is 19.6. The smallest absolute Gasteiger partial charge is 0.414 e. The van der Waals surface area contributed by atoms with E-state index in [1.165, 1.54) is 16.0 Å². The molecular weight excluding hydrogens is 442 g/mol. The molecule has 1 aliphatic carbocycles. The second-order valence-electron chi connectivity index (χ2n) is 9.04. The van der Waals surface area contributed by atoms with Crippen molar-refractivity contribution < 1.29 is 19.4 Å². The molecule has 2 N–H and O–H groups in total. The van der Waals surface area contributed by atoms with Gasteiger partial charge < -0.3 is 20.1 Å². The second kappa shape index (κ2) is 9.43. The van der Waals surface area contributed by atoms with Crippen molar-refractivity contribution >= 4 is 23.4 Å². The van der Waals surface area contributed by atoms with Gasteiger partial charge in [0.2, 0.25) is 0 Å². The number of hydrogen-bond acceptors (Lipinski definition) is 5. The number of benzene rings is 3. The molecule has 0 atom stereocenters. The Labute approximate surface area is 204 Å². The molecule has 2 aliphatic rings. The quantitative estimate of drug-likeness (QED) is 0.571. The Morgan fingerprint density at radius 3 is 2.23 bits per heavy atom. The van der Waals surface area contributed by atoms with E-state index in [4.69, 9.17) is 4.74 Å². The van der Waals surface area contributed by atoms with Gasteiger partial charge >= 0.3 is 12.1 Å². The number of carbonyl (C=O) groups excluding carboxylic acids is 1. The first kappa shape index (κ1) is 22.9. The molecule has 180 valence electrons. The summed E-state index contributed by atoms with van der Waals surface area (Å²) in [6.07, 6.45) is -0.510. The minimum atomic E-state index is -1.02. The van der Waals surface area contributed by atoms with Gasteiger partial charge in [-0.3, -0.25) is 4.90 Å². The number of piperazine rings is 1. The molecule has 1 amide bonds. The highest BCUT2D eigenvalue weighted by Crippen LogP contribution is 2.44. The monoisotopic (exact) mass is 471 g/mol. The number of carboxylic acid groups (broad SMARTS) is 1. The van der Waals surface area contributed by atoms with Gasteiger partial charge in [-0.2, -0.15) is 0 Å². The summed E-state index contributed by atoms with van der Waals surface area (Å²) in [6.45, 7) is 5.34. The fourth-order valence-corrected chi connectivity index (χ4v) is 5.18. The maximum absolute atomic E-state index is 13.2. The largest absolute Gasteiger partial charge is 0.478 e. The first-order valence-corrected chi connectivity index (χ1v) is 11.9. The van der Waals surface area contributed by atoms with E-state index in [1.807, 2.05) is 31.2 Å². The number of aromatic carboxylic acids is 1. The zero-order valence-corrected chi connectivity index (χ0v) is 20.0. The Bertz CT molecular complexity index is 1240. The molecule has 3 aromatic carbocycles. The van der Waals surface area contributed by atoms with Crippen LogP contribution in [0, 0.1) is 6.92 Å².